The maximum absolute atomic E-state index is 13.1. The molecule has 94 valence electrons. The second kappa shape index (κ2) is 4.63. The summed E-state index contributed by atoms with van der Waals surface area (Å²) in [6, 6.07) is 0. The van der Waals surface area contributed by atoms with Crippen LogP contribution in [0.4, 0.5) is 4.39 Å². The third-order valence-corrected chi connectivity index (χ3v) is 4.17. The van der Waals surface area contributed by atoms with Gasteiger partial charge in [-0.25, -0.2) is 4.79 Å². The van der Waals surface area contributed by atoms with Gasteiger partial charge in [0, 0.05) is 6.42 Å². The molecule has 8 heteroatoms. The highest BCUT2D eigenvalue weighted by Gasteiger charge is 2.34. The first kappa shape index (κ1) is 12.3. The van der Waals surface area contributed by atoms with Crippen LogP contribution in [0, 0.1) is 5.82 Å². The van der Waals surface area contributed by atoms with Gasteiger partial charge >= 0.3 is 5.69 Å². The number of H-pyrrole nitrogens is 1. The van der Waals surface area contributed by atoms with E-state index in [2.05, 4.69) is 0 Å². The molecule has 1 aliphatic rings. The highest BCUT2D eigenvalue weighted by molar-refractivity contribution is 8.00. The summed E-state index contributed by atoms with van der Waals surface area (Å²) >= 11 is 1.17. The van der Waals surface area contributed by atoms with Crippen LogP contribution in [-0.4, -0.2) is 37.7 Å². The largest absolute Gasteiger partial charge is 0.395 e. The van der Waals surface area contributed by atoms with E-state index in [-0.39, 0.29) is 13.0 Å². The molecule has 3 N–H and O–H groups in total. The lowest BCUT2D eigenvalue weighted by Gasteiger charge is -2.12. The fraction of sp³-hybridized carbons (Fsp3) is 0.556. The predicted octanol–water partition coefficient (Wildman–Crippen LogP) is -0.967. The van der Waals surface area contributed by atoms with Crippen LogP contribution in [0.5, 0.6) is 0 Å². The Morgan fingerprint density at radius 2 is 2.29 bits per heavy atom. The van der Waals surface area contributed by atoms with E-state index < -0.39 is 33.8 Å². The fourth-order valence-corrected chi connectivity index (χ4v) is 3.10. The molecule has 0 radical (unpaired) electrons. The van der Waals surface area contributed by atoms with Crippen molar-refractivity contribution in [2.75, 3.05) is 6.61 Å². The molecular formula is C9H11FN2O4S. The predicted molar refractivity (Wildman–Crippen MR) is 59.4 cm³/mol. The summed E-state index contributed by atoms with van der Waals surface area (Å²) in [5.74, 6) is -1.05. The molecule has 6 nitrogen and oxygen atoms in total. The first-order valence-electron chi connectivity index (χ1n) is 4.98. The van der Waals surface area contributed by atoms with Crippen LogP contribution in [0.25, 0.3) is 0 Å². The van der Waals surface area contributed by atoms with E-state index in [1.165, 1.54) is 11.8 Å². The molecule has 1 saturated heterocycles. The van der Waals surface area contributed by atoms with Crippen molar-refractivity contribution >= 4 is 11.8 Å². The number of nitrogens with zero attached hydrogens (tertiary/aromatic N) is 1. The van der Waals surface area contributed by atoms with Gasteiger partial charge in [0.15, 0.2) is 0 Å². The second-order valence-electron chi connectivity index (χ2n) is 3.76. The summed E-state index contributed by atoms with van der Waals surface area (Å²) in [6.45, 7) is -0.219. The van der Waals surface area contributed by atoms with Crippen molar-refractivity contribution in [3.8, 4) is 0 Å². The second-order valence-corrected chi connectivity index (χ2v) is 5.18. The van der Waals surface area contributed by atoms with Crippen LogP contribution in [-0.2, 0) is 0 Å². The number of aliphatic hydroxyl groups is 2. The van der Waals surface area contributed by atoms with Crippen molar-refractivity contribution in [2.24, 2.45) is 0 Å². The molecule has 2 rings (SSSR count). The lowest BCUT2D eigenvalue weighted by atomic mass is 10.2. The van der Waals surface area contributed by atoms with Crippen molar-refractivity contribution in [3.05, 3.63) is 32.9 Å². The zero-order chi connectivity index (χ0) is 12.6. The van der Waals surface area contributed by atoms with Crippen LogP contribution in [0.1, 0.15) is 11.8 Å². The standard InChI is InChI=1S/C9H11FN2O4S/c10-4-2-12(9(16)11-8(4)15)7-1-5(14)6(3-13)17-7/h2,5-7,13-14H,1,3H2,(H,11,15,16)/t5?,6-,7+/m1/s1. The summed E-state index contributed by atoms with van der Waals surface area (Å²) in [5, 5.41) is 17.7. The highest BCUT2D eigenvalue weighted by atomic mass is 32.2. The number of aromatic amines is 1. The summed E-state index contributed by atoms with van der Waals surface area (Å²) in [5.41, 5.74) is -1.78. The average molecular weight is 262 g/mol. The van der Waals surface area contributed by atoms with Crippen LogP contribution in [0.2, 0.25) is 0 Å². The molecule has 17 heavy (non-hydrogen) atoms. The number of nitrogens with one attached hydrogen (secondary N) is 1. The Morgan fingerprint density at radius 1 is 1.59 bits per heavy atom. The van der Waals surface area contributed by atoms with E-state index in [4.69, 9.17) is 5.11 Å². The average Bonchev–Trinajstić information content (AvgIpc) is 2.65. The van der Waals surface area contributed by atoms with Crippen molar-refractivity contribution in [1.29, 1.82) is 0 Å². The normalized spacial score (nSPS) is 28.5. The van der Waals surface area contributed by atoms with Gasteiger partial charge in [-0.2, -0.15) is 4.39 Å². The van der Waals surface area contributed by atoms with Gasteiger partial charge in [0.25, 0.3) is 5.56 Å². The van der Waals surface area contributed by atoms with E-state index in [0.717, 1.165) is 10.8 Å². The maximum Gasteiger partial charge on any atom is 0.329 e. The Bertz CT molecular complexity index is 528. The SMILES string of the molecule is O=c1[nH]c(=O)n([C@@H]2CC(O)[C@@H](CO)S2)cc1F. The third kappa shape index (κ3) is 2.28. The van der Waals surface area contributed by atoms with Crippen molar-refractivity contribution < 1.29 is 14.6 Å². The molecule has 1 fully saturated rings. The number of aliphatic hydroxyl groups excluding tert-OH is 2. The first-order chi connectivity index (χ1) is 8.02. The van der Waals surface area contributed by atoms with Crippen molar-refractivity contribution in [3.63, 3.8) is 0 Å². The van der Waals surface area contributed by atoms with E-state index in [1.807, 2.05) is 4.98 Å². The van der Waals surface area contributed by atoms with E-state index in [1.54, 1.807) is 0 Å². The zero-order valence-corrected chi connectivity index (χ0v) is 9.48. The minimum atomic E-state index is -1.06. The molecule has 1 aromatic heterocycles. The topological polar surface area (TPSA) is 95.3 Å². The fourth-order valence-electron chi connectivity index (χ4n) is 1.72. The van der Waals surface area contributed by atoms with Gasteiger partial charge in [-0.15, -0.1) is 11.8 Å². The molecule has 0 spiro atoms. The van der Waals surface area contributed by atoms with Crippen molar-refractivity contribution in [2.45, 2.75) is 23.1 Å². The number of rotatable bonds is 2. The molecule has 1 aliphatic heterocycles. The summed E-state index contributed by atoms with van der Waals surface area (Å²) in [6.07, 6.45) is 0.295. The Kier molecular flexibility index (Phi) is 3.36. The van der Waals surface area contributed by atoms with Crippen LogP contribution in [0.3, 0.4) is 0 Å². The monoisotopic (exact) mass is 262 g/mol. The molecule has 1 aromatic rings. The van der Waals surface area contributed by atoms with Gasteiger partial charge < -0.3 is 10.2 Å². The van der Waals surface area contributed by atoms with Gasteiger partial charge in [-0.05, 0) is 0 Å². The van der Waals surface area contributed by atoms with Gasteiger partial charge in [0.2, 0.25) is 5.82 Å². The number of halogens is 1. The number of thioether (sulfide) groups is 1. The van der Waals surface area contributed by atoms with Crippen LogP contribution in [0.15, 0.2) is 15.8 Å². The smallest absolute Gasteiger partial charge is 0.329 e. The quantitative estimate of drug-likeness (QED) is 0.637. The molecule has 3 atom stereocenters. The van der Waals surface area contributed by atoms with Crippen LogP contribution >= 0.6 is 11.8 Å². The Balaban J connectivity index is 2.34. The minimum absolute atomic E-state index is 0.219. The number of hydrogen-bond acceptors (Lipinski definition) is 5. The lowest BCUT2D eigenvalue weighted by molar-refractivity contribution is 0.137. The molecule has 0 bridgehead atoms. The van der Waals surface area contributed by atoms with Gasteiger partial charge in [-0.1, -0.05) is 0 Å². The highest BCUT2D eigenvalue weighted by Crippen LogP contribution is 2.40. The van der Waals surface area contributed by atoms with Gasteiger partial charge in [0.1, 0.15) is 0 Å². The van der Waals surface area contributed by atoms with Gasteiger partial charge in [0.05, 0.1) is 29.5 Å². The number of hydrogen-bond donors (Lipinski definition) is 3. The third-order valence-electron chi connectivity index (χ3n) is 2.62. The molecule has 1 unspecified atom stereocenters. The number of aromatic nitrogens is 2. The summed E-state index contributed by atoms with van der Waals surface area (Å²) in [7, 11) is 0. The lowest BCUT2D eigenvalue weighted by Crippen LogP contribution is -2.32. The van der Waals surface area contributed by atoms with Crippen LogP contribution < -0.4 is 11.2 Å². The molecule has 0 aliphatic carbocycles. The minimum Gasteiger partial charge on any atom is -0.395 e. The molecule has 2 heterocycles. The Morgan fingerprint density at radius 3 is 2.88 bits per heavy atom. The maximum atomic E-state index is 13.1. The van der Waals surface area contributed by atoms with E-state index in [0.29, 0.717) is 0 Å². The molecular weight excluding hydrogens is 251 g/mol. The van der Waals surface area contributed by atoms with E-state index in [9.17, 15) is 19.1 Å². The first-order valence-corrected chi connectivity index (χ1v) is 5.92. The molecule has 0 aromatic carbocycles. The molecule has 0 amide bonds. The summed E-state index contributed by atoms with van der Waals surface area (Å²) < 4.78 is 14.1. The molecule has 0 saturated carbocycles. The Hall–Kier alpha value is -1.12. The van der Waals surface area contributed by atoms with E-state index >= 15 is 0 Å². The Labute approximate surface area is 99.1 Å². The zero-order valence-electron chi connectivity index (χ0n) is 8.67. The van der Waals surface area contributed by atoms with Gasteiger partial charge in [-0.3, -0.25) is 14.3 Å². The van der Waals surface area contributed by atoms with Crippen molar-refractivity contribution in [1.82, 2.24) is 9.55 Å². The summed E-state index contributed by atoms with van der Waals surface area (Å²) in [4.78, 5) is 24.2.